The summed E-state index contributed by atoms with van der Waals surface area (Å²) in [6, 6.07) is 1.50. The van der Waals surface area contributed by atoms with Gasteiger partial charge in [0, 0.05) is 5.92 Å². The molecule has 14 heavy (non-hydrogen) atoms. The molecule has 1 aliphatic rings. The van der Waals surface area contributed by atoms with Crippen LogP contribution in [-0.4, -0.2) is 4.98 Å². The summed E-state index contributed by atoms with van der Waals surface area (Å²) in [4.78, 5) is 3.31. The van der Waals surface area contributed by atoms with E-state index in [9.17, 15) is 17.6 Å². The van der Waals surface area contributed by atoms with Crippen LogP contribution in [0.5, 0.6) is 0 Å². The van der Waals surface area contributed by atoms with Crippen LogP contribution in [-0.2, 0) is 6.18 Å². The molecule has 0 aliphatic heterocycles. The molecule has 0 amide bonds. The highest BCUT2D eigenvalue weighted by molar-refractivity contribution is 5.21. The van der Waals surface area contributed by atoms with Gasteiger partial charge in [0.15, 0.2) is 0 Å². The van der Waals surface area contributed by atoms with E-state index in [1.165, 1.54) is 0 Å². The van der Waals surface area contributed by atoms with Crippen molar-refractivity contribution in [2.75, 3.05) is 0 Å². The lowest BCUT2D eigenvalue weighted by Crippen LogP contribution is -2.10. The van der Waals surface area contributed by atoms with Crippen LogP contribution in [0.15, 0.2) is 12.1 Å². The summed E-state index contributed by atoms with van der Waals surface area (Å²) in [5.74, 6) is -0.752. The molecular weight excluding hydrogens is 198 g/mol. The zero-order valence-electron chi connectivity index (χ0n) is 7.11. The Morgan fingerprint density at radius 3 is 2.36 bits per heavy atom. The SMILES string of the molecule is Fc1ccc(C(F)(F)F)nc1C1CC1. The van der Waals surface area contributed by atoms with Gasteiger partial charge < -0.3 is 0 Å². The van der Waals surface area contributed by atoms with Crippen molar-refractivity contribution in [3.8, 4) is 0 Å². The third kappa shape index (κ3) is 1.71. The van der Waals surface area contributed by atoms with Gasteiger partial charge in [0.25, 0.3) is 0 Å². The molecule has 0 atom stereocenters. The third-order valence-electron chi connectivity index (χ3n) is 2.13. The molecule has 0 bridgehead atoms. The molecule has 1 aliphatic carbocycles. The van der Waals surface area contributed by atoms with E-state index < -0.39 is 17.7 Å². The number of alkyl halides is 3. The highest BCUT2D eigenvalue weighted by atomic mass is 19.4. The summed E-state index contributed by atoms with van der Waals surface area (Å²) < 4.78 is 49.6. The standard InChI is InChI=1S/C9H7F4N/c10-6-3-4-7(9(11,12)13)14-8(6)5-1-2-5/h3-5H,1-2H2. The van der Waals surface area contributed by atoms with Crippen molar-refractivity contribution in [3.05, 3.63) is 29.3 Å². The van der Waals surface area contributed by atoms with E-state index >= 15 is 0 Å². The van der Waals surface area contributed by atoms with Gasteiger partial charge in [0.2, 0.25) is 0 Å². The van der Waals surface area contributed by atoms with Gasteiger partial charge in [-0.15, -0.1) is 0 Å². The van der Waals surface area contributed by atoms with Gasteiger partial charge in [-0.3, -0.25) is 0 Å². The predicted octanol–water partition coefficient (Wildman–Crippen LogP) is 3.12. The van der Waals surface area contributed by atoms with Crippen LogP contribution >= 0.6 is 0 Å². The fourth-order valence-corrected chi connectivity index (χ4v) is 1.26. The molecule has 0 spiro atoms. The second kappa shape index (κ2) is 2.93. The van der Waals surface area contributed by atoms with Gasteiger partial charge in [-0.25, -0.2) is 9.37 Å². The Morgan fingerprint density at radius 1 is 1.21 bits per heavy atom. The van der Waals surface area contributed by atoms with Crippen molar-refractivity contribution in [2.45, 2.75) is 24.9 Å². The number of rotatable bonds is 1. The molecule has 1 nitrogen and oxygen atoms in total. The second-order valence-electron chi connectivity index (χ2n) is 3.34. The van der Waals surface area contributed by atoms with E-state index in [4.69, 9.17) is 0 Å². The van der Waals surface area contributed by atoms with Crippen LogP contribution < -0.4 is 0 Å². The summed E-state index contributed by atoms with van der Waals surface area (Å²) in [5.41, 5.74) is -1.05. The van der Waals surface area contributed by atoms with Crippen molar-refractivity contribution >= 4 is 0 Å². The van der Waals surface area contributed by atoms with Gasteiger partial charge in [-0.1, -0.05) is 0 Å². The molecule has 1 aromatic rings. The molecule has 0 unspecified atom stereocenters. The molecule has 0 N–H and O–H groups in total. The first kappa shape index (κ1) is 9.43. The highest BCUT2D eigenvalue weighted by Gasteiger charge is 2.35. The quantitative estimate of drug-likeness (QED) is 0.642. The zero-order valence-corrected chi connectivity index (χ0v) is 7.11. The van der Waals surface area contributed by atoms with Gasteiger partial charge >= 0.3 is 6.18 Å². The zero-order chi connectivity index (χ0) is 10.3. The van der Waals surface area contributed by atoms with E-state index in [2.05, 4.69) is 4.98 Å². The van der Waals surface area contributed by atoms with Crippen LogP contribution in [0, 0.1) is 5.82 Å². The van der Waals surface area contributed by atoms with E-state index in [0.29, 0.717) is 6.07 Å². The molecule has 1 aromatic heterocycles. The van der Waals surface area contributed by atoms with Gasteiger partial charge in [-0.05, 0) is 25.0 Å². The Morgan fingerprint density at radius 2 is 1.86 bits per heavy atom. The number of aromatic nitrogens is 1. The summed E-state index contributed by atoms with van der Waals surface area (Å²) in [6.45, 7) is 0. The van der Waals surface area contributed by atoms with Crippen molar-refractivity contribution in [1.82, 2.24) is 4.98 Å². The summed E-state index contributed by atoms with van der Waals surface area (Å²) in [5, 5.41) is 0. The van der Waals surface area contributed by atoms with Gasteiger partial charge in [0.1, 0.15) is 11.5 Å². The monoisotopic (exact) mass is 205 g/mol. The molecule has 1 fully saturated rings. The van der Waals surface area contributed by atoms with Crippen LogP contribution in [0.25, 0.3) is 0 Å². The Hall–Kier alpha value is -1.13. The Kier molecular flexibility index (Phi) is 1.97. The first-order chi connectivity index (χ1) is 6.48. The third-order valence-corrected chi connectivity index (χ3v) is 2.13. The van der Waals surface area contributed by atoms with Crippen molar-refractivity contribution in [2.24, 2.45) is 0 Å². The smallest absolute Gasteiger partial charge is 0.245 e. The van der Waals surface area contributed by atoms with Crippen LogP contribution in [0.1, 0.15) is 30.1 Å². The first-order valence-corrected chi connectivity index (χ1v) is 4.22. The molecular formula is C9H7F4N. The number of hydrogen-bond acceptors (Lipinski definition) is 1. The van der Waals surface area contributed by atoms with Gasteiger partial charge in [0.05, 0.1) is 5.69 Å². The molecule has 0 saturated heterocycles. The highest BCUT2D eigenvalue weighted by Crippen LogP contribution is 2.41. The average molecular weight is 205 g/mol. The Balaban J connectivity index is 2.40. The van der Waals surface area contributed by atoms with Crippen molar-refractivity contribution < 1.29 is 17.6 Å². The molecule has 76 valence electrons. The lowest BCUT2D eigenvalue weighted by molar-refractivity contribution is -0.141. The van der Waals surface area contributed by atoms with Crippen molar-refractivity contribution in [3.63, 3.8) is 0 Å². The Bertz CT molecular complexity index is 354. The van der Waals surface area contributed by atoms with Gasteiger partial charge in [-0.2, -0.15) is 13.2 Å². The van der Waals surface area contributed by atoms with Crippen LogP contribution in [0.4, 0.5) is 17.6 Å². The molecule has 2 rings (SSSR count). The minimum atomic E-state index is -4.49. The van der Waals surface area contributed by atoms with Crippen LogP contribution in [0.2, 0.25) is 0 Å². The molecule has 1 saturated carbocycles. The topological polar surface area (TPSA) is 12.9 Å². The molecule has 5 heteroatoms. The Labute approximate surface area is 77.8 Å². The maximum absolute atomic E-state index is 13.0. The summed E-state index contributed by atoms with van der Waals surface area (Å²) >= 11 is 0. The van der Waals surface area contributed by atoms with E-state index in [0.717, 1.165) is 18.9 Å². The summed E-state index contributed by atoms with van der Waals surface area (Å²) in [7, 11) is 0. The van der Waals surface area contributed by atoms with E-state index in [-0.39, 0.29) is 11.6 Å². The number of pyridine rings is 1. The summed E-state index contributed by atoms with van der Waals surface area (Å²) in [6.07, 6.45) is -3.03. The molecule has 0 aromatic carbocycles. The fraction of sp³-hybridized carbons (Fsp3) is 0.444. The lowest BCUT2D eigenvalue weighted by atomic mass is 10.2. The maximum Gasteiger partial charge on any atom is 0.433 e. The van der Waals surface area contributed by atoms with E-state index in [1.54, 1.807) is 0 Å². The van der Waals surface area contributed by atoms with Crippen LogP contribution in [0.3, 0.4) is 0 Å². The van der Waals surface area contributed by atoms with E-state index in [1.807, 2.05) is 0 Å². The number of nitrogens with zero attached hydrogens (tertiary/aromatic N) is 1. The maximum atomic E-state index is 13.0. The normalized spacial score (nSPS) is 17.1. The lowest BCUT2D eigenvalue weighted by Gasteiger charge is -2.07. The first-order valence-electron chi connectivity index (χ1n) is 4.22. The second-order valence-corrected chi connectivity index (χ2v) is 3.34. The predicted molar refractivity (Wildman–Crippen MR) is 41.2 cm³/mol. The minimum Gasteiger partial charge on any atom is -0.245 e. The molecule has 1 heterocycles. The number of hydrogen-bond donors (Lipinski definition) is 0. The minimum absolute atomic E-state index is 0.0418. The largest absolute Gasteiger partial charge is 0.433 e. The van der Waals surface area contributed by atoms with Crippen molar-refractivity contribution in [1.29, 1.82) is 0 Å². The number of halogens is 4. The molecule has 0 radical (unpaired) electrons. The fourth-order valence-electron chi connectivity index (χ4n) is 1.26. The average Bonchev–Trinajstić information content (AvgIpc) is 2.85.